The number of hydrogen-bond acceptors (Lipinski definition) is 3. The van der Waals surface area contributed by atoms with Crippen molar-refractivity contribution >= 4 is 9.84 Å². The summed E-state index contributed by atoms with van der Waals surface area (Å²) in [6.07, 6.45) is 3.63. The molecule has 1 N–H and O–H groups in total. The molecule has 1 unspecified atom stereocenters. The van der Waals surface area contributed by atoms with Crippen LogP contribution in [0.3, 0.4) is 0 Å². The first-order valence-corrected chi connectivity index (χ1v) is 8.07. The zero-order chi connectivity index (χ0) is 12.6. The molecule has 0 saturated carbocycles. The van der Waals surface area contributed by atoms with E-state index >= 15 is 0 Å². The lowest BCUT2D eigenvalue weighted by Gasteiger charge is -2.10. The van der Waals surface area contributed by atoms with Crippen LogP contribution >= 0.6 is 0 Å². The molecule has 98 valence electrons. The number of hydrogen-bond donors (Lipinski definition) is 1. The van der Waals surface area contributed by atoms with Gasteiger partial charge in [0.05, 0.1) is 11.5 Å². The minimum absolute atomic E-state index is 0.353. The molecule has 0 amide bonds. The van der Waals surface area contributed by atoms with Gasteiger partial charge in [-0.1, -0.05) is 20.3 Å². The monoisotopic (exact) mass is 249 g/mol. The van der Waals surface area contributed by atoms with Crippen LogP contribution in [-0.4, -0.2) is 33.0 Å². The summed E-state index contributed by atoms with van der Waals surface area (Å²) in [5.74, 6) is 1.18. The lowest BCUT2D eigenvalue weighted by atomic mass is 10.1. The highest BCUT2D eigenvalue weighted by molar-refractivity contribution is 7.91. The van der Waals surface area contributed by atoms with Gasteiger partial charge in [0.2, 0.25) is 0 Å². The largest absolute Gasteiger partial charge is 0.317 e. The third-order valence-corrected chi connectivity index (χ3v) is 4.61. The second-order valence-corrected chi connectivity index (χ2v) is 7.32. The van der Waals surface area contributed by atoms with Crippen LogP contribution in [0.25, 0.3) is 0 Å². The molecule has 0 rings (SSSR count). The van der Waals surface area contributed by atoms with Crippen LogP contribution < -0.4 is 5.32 Å². The molecule has 0 aliphatic carbocycles. The zero-order valence-corrected chi connectivity index (χ0v) is 11.9. The molecule has 1 atom stereocenters. The molecular formula is C12H27NO2S. The van der Waals surface area contributed by atoms with Crippen molar-refractivity contribution in [1.29, 1.82) is 0 Å². The molecule has 0 spiro atoms. The number of nitrogens with one attached hydrogen (secondary N) is 1. The van der Waals surface area contributed by atoms with Gasteiger partial charge in [-0.3, -0.25) is 0 Å². The Balaban J connectivity index is 3.66. The molecule has 0 aromatic rings. The summed E-state index contributed by atoms with van der Waals surface area (Å²) in [6, 6.07) is 0.485. The predicted molar refractivity (Wildman–Crippen MR) is 70.5 cm³/mol. The Bertz CT molecular complexity index is 260. The highest BCUT2D eigenvalue weighted by Crippen LogP contribution is 2.07. The Hall–Kier alpha value is -0.0900. The first-order valence-electron chi connectivity index (χ1n) is 6.25. The molecular weight excluding hydrogens is 222 g/mol. The fraction of sp³-hybridized carbons (Fsp3) is 1.00. The van der Waals surface area contributed by atoms with Gasteiger partial charge in [-0.2, -0.15) is 0 Å². The molecule has 3 nitrogen and oxygen atoms in total. The molecule has 0 bridgehead atoms. The maximum absolute atomic E-state index is 11.6. The second kappa shape index (κ2) is 8.07. The van der Waals surface area contributed by atoms with E-state index in [0.29, 0.717) is 23.5 Å². The molecule has 0 fully saturated rings. The van der Waals surface area contributed by atoms with E-state index < -0.39 is 9.84 Å². The van der Waals surface area contributed by atoms with Crippen LogP contribution in [0.5, 0.6) is 0 Å². The Morgan fingerprint density at radius 2 is 1.62 bits per heavy atom. The van der Waals surface area contributed by atoms with Crippen molar-refractivity contribution in [3.05, 3.63) is 0 Å². The Labute approximate surface area is 101 Å². The second-order valence-electron chi connectivity index (χ2n) is 5.02. The van der Waals surface area contributed by atoms with Crippen molar-refractivity contribution in [2.45, 2.75) is 52.5 Å². The van der Waals surface area contributed by atoms with Gasteiger partial charge < -0.3 is 5.32 Å². The average molecular weight is 249 g/mol. The molecule has 0 aliphatic rings. The van der Waals surface area contributed by atoms with Crippen molar-refractivity contribution in [2.75, 3.05) is 18.6 Å². The van der Waals surface area contributed by atoms with Crippen LogP contribution in [0.4, 0.5) is 0 Å². The molecule has 0 radical (unpaired) electrons. The number of rotatable bonds is 9. The van der Waals surface area contributed by atoms with Crippen molar-refractivity contribution in [3.8, 4) is 0 Å². The fourth-order valence-corrected chi connectivity index (χ4v) is 3.11. The van der Waals surface area contributed by atoms with Gasteiger partial charge in [0.15, 0.2) is 0 Å². The topological polar surface area (TPSA) is 46.2 Å². The van der Waals surface area contributed by atoms with E-state index in [9.17, 15) is 8.42 Å². The summed E-state index contributed by atoms with van der Waals surface area (Å²) in [5.41, 5.74) is 0. The van der Waals surface area contributed by atoms with Crippen LogP contribution in [-0.2, 0) is 9.84 Å². The Kier molecular flexibility index (Phi) is 8.02. The fourth-order valence-electron chi connectivity index (χ4n) is 1.43. The Morgan fingerprint density at radius 3 is 2.12 bits per heavy atom. The van der Waals surface area contributed by atoms with Gasteiger partial charge in [-0.05, 0) is 39.2 Å². The first-order chi connectivity index (χ1) is 7.37. The lowest BCUT2D eigenvalue weighted by molar-refractivity contribution is 0.531. The molecule has 0 heterocycles. The highest BCUT2D eigenvalue weighted by Gasteiger charge is 2.11. The predicted octanol–water partition coefficient (Wildman–Crippen LogP) is 2.23. The van der Waals surface area contributed by atoms with E-state index in [4.69, 9.17) is 0 Å². The maximum Gasteiger partial charge on any atom is 0.150 e. The minimum Gasteiger partial charge on any atom is -0.317 e. The summed E-state index contributed by atoms with van der Waals surface area (Å²) in [7, 11) is -0.867. The average Bonchev–Trinajstić information content (AvgIpc) is 2.21. The van der Waals surface area contributed by atoms with E-state index in [1.807, 2.05) is 7.05 Å². The molecule has 0 aliphatic heterocycles. The highest BCUT2D eigenvalue weighted by atomic mass is 32.2. The van der Waals surface area contributed by atoms with Crippen LogP contribution in [0.2, 0.25) is 0 Å². The maximum atomic E-state index is 11.6. The van der Waals surface area contributed by atoms with Crippen LogP contribution in [0.1, 0.15) is 46.5 Å². The van der Waals surface area contributed by atoms with Crippen molar-refractivity contribution < 1.29 is 8.42 Å². The summed E-state index contributed by atoms with van der Waals surface area (Å²) in [4.78, 5) is 0. The van der Waals surface area contributed by atoms with E-state index in [1.165, 1.54) is 0 Å². The smallest absolute Gasteiger partial charge is 0.150 e. The SMILES string of the molecule is CNC(C)CCCCS(=O)(=O)CCC(C)C. The third-order valence-electron chi connectivity index (χ3n) is 2.84. The summed E-state index contributed by atoms with van der Waals surface area (Å²) in [6.45, 7) is 6.24. The van der Waals surface area contributed by atoms with E-state index in [0.717, 1.165) is 25.7 Å². The minimum atomic E-state index is -2.80. The summed E-state index contributed by atoms with van der Waals surface area (Å²) in [5, 5.41) is 3.15. The van der Waals surface area contributed by atoms with Crippen molar-refractivity contribution in [2.24, 2.45) is 5.92 Å². The van der Waals surface area contributed by atoms with E-state index in [2.05, 4.69) is 26.1 Å². The molecule has 0 aromatic heterocycles. The van der Waals surface area contributed by atoms with Crippen molar-refractivity contribution in [3.63, 3.8) is 0 Å². The van der Waals surface area contributed by atoms with E-state index in [-0.39, 0.29) is 0 Å². The zero-order valence-electron chi connectivity index (χ0n) is 11.1. The normalized spacial score (nSPS) is 14.3. The quantitative estimate of drug-likeness (QED) is 0.637. The molecule has 16 heavy (non-hydrogen) atoms. The van der Waals surface area contributed by atoms with Gasteiger partial charge in [0, 0.05) is 6.04 Å². The van der Waals surface area contributed by atoms with Gasteiger partial charge in [0.25, 0.3) is 0 Å². The van der Waals surface area contributed by atoms with Crippen molar-refractivity contribution in [1.82, 2.24) is 5.32 Å². The van der Waals surface area contributed by atoms with Gasteiger partial charge in [-0.25, -0.2) is 8.42 Å². The molecule has 0 saturated heterocycles. The summed E-state index contributed by atoms with van der Waals surface area (Å²) < 4.78 is 23.3. The van der Waals surface area contributed by atoms with Crippen LogP contribution in [0.15, 0.2) is 0 Å². The Morgan fingerprint density at radius 1 is 1.00 bits per heavy atom. The summed E-state index contributed by atoms with van der Waals surface area (Å²) >= 11 is 0. The number of unbranched alkanes of at least 4 members (excludes halogenated alkanes) is 1. The number of sulfone groups is 1. The van der Waals surface area contributed by atoms with Gasteiger partial charge >= 0.3 is 0 Å². The first kappa shape index (κ1) is 15.9. The standard InChI is InChI=1S/C12H27NO2S/c1-11(2)8-10-16(14,15)9-6-5-7-12(3)13-4/h11-13H,5-10H2,1-4H3. The van der Waals surface area contributed by atoms with Crippen LogP contribution in [0, 0.1) is 5.92 Å². The third kappa shape index (κ3) is 9.16. The molecule has 0 aromatic carbocycles. The lowest BCUT2D eigenvalue weighted by Crippen LogP contribution is -2.21. The van der Waals surface area contributed by atoms with E-state index in [1.54, 1.807) is 0 Å². The molecule has 4 heteroatoms. The van der Waals surface area contributed by atoms with Gasteiger partial charge in [0.1, 0.15) is 9.84 Å². The van der Waals surface area contributed by atoms with Gasteiger partial charge in [-0.15, -0.1) is 0 Å².